The summed E-state index contributed by atoms with van der Waals surface area (Å²) in [6, 6.07) is 2.97. The molecule has 0 saturated carbocycles. The molecule has 10 heteroatoms. The number of anilines is 1. The molecule has 3 aromatic rings. The number of nitrogens with zero attached hydrogens (tertiary/aromatic N) is 3. The van der Waals surface area contributed by atoms with Crippen molar-refractivity contribution in [2.24, 2.45) is 5.73 Å². The summed E-state index contributed by atoms with van der Waals surface area (Å²) >= 11 is 13.7. The lowest BCUT2D eigenvalue weighted by molar-refractivity contribution is 0.303. The predicted molar refractivity (Wildman–Crippen MR) is 96.9 cm³/mol. The molecule has 0 spiro atoms. The van der Waals surface area contributed by atoms with Crippen molar-refractivity contribution >= 4 is 45.9 Å². The number of rotatable bonds is 6. The minimum Gasteiger partial charge on any atom is -0.363 e. The standard InChI is InChI=1S/C15H15Cl2F2N5S/c1-7(18)10(20)5-9-11(19)12-14(21-6-8-3-2-4-25-8)22-15(17)23-24(12)13(9)16/h2-4,7,10H,5-6,20H2,1H3,(H,21,22,23)/t7-,10+/m0/s1. The van der Waals surface area contributed by atoms with Gasteiger partial charge < -0.3 is 11.1 Å². The number of aromatic nitrogens is 3. The average Bonchev–Trinajstić information content (AvgIpc) is 3.15. The van der Waals surface area contributed by atoms with Crippen LogP contribution in [0.3, 0.4) is 0 Å². The minimum absolute atomic E-state index is 0.00655. The van der Waals surface area contributed by atoms with Crippen LogP contribution in [0.1, 0.15) is 17.4 Å². The quantitative estimate of drug-likeness (QED) is 0.648. The van der Waals surface area contributed by atoms with E-state index in [1.54, 1.807) is 11.3 Å². The summed E-state index contributed by atoms with van der Waals surface area (Å²) in [5, 5.41) is 8.83. The second-order valence-corrected chi connectivity index (χ2v) is 7.28. The fourth-order valence-corrected chi connectivity index (χ4v) is 3.47. The third-order valence-electron chi connectivity index (χ3n) is 3.77. The van der Waals surface area contributed by atoms with E-state index in [9.17, 15) is 8.78 Å². The van der Waals surface area contributed by atoms with Gasteiger partial charge in [0.05, 0.1) is 6.54 Å². The Balaban J connectivity index is 2.02. The fourth-order valence-electron chi connectivity index (χ4n) is 2.38. The maximum absolute atomic E-state index is 14.9. The van der Waals surface area contributed by atoms with Crippen LogP contribution in [0.5, 0.6) is 0 Å². The van der Waals surface area contributed by atoms with E-state index in [4.69, 9.17) is 28.9 Å². The van der Waals surface area contributed by atoms with Crippen molar-refractivity contribution < 1.29 is 8.78 Å². The summed E-state index contributed by atoms with van der Waals surface area (Å²) in [6.45, 7) is 1.76. The minimum atomic E-state index is -1.30. The second kappa shape index (κ2) is 7.41. The summed E-state index contributed by atoms with van der Waals surface area (Å²) in [4.78, 5) is 5.09. The van der Waals surface area contributed by atoms with Gasteiger partial charge in [0.15, 0.2) is 11.6 Å². The van der Waals surface area contributed by atoms with Crippen molar-refractivity contribution in [1.29, 1.82) is 0 Å². The van der Waals surface area contributed by atoms with Crippen molar-refractivity contribution in [3.63, 3.8) is 0 Å². The zero-order valence-electron chi connectivity index (χ0n) is 13.1. The van der Waals surface area contributed by atoms with Crippen LogP contribution in [0.4, 0.5) is 14.6 Å². The Bertz CT molecular complexity index is 882. The maximum atomic E-state index is 14.9. The van der Waals surface area contributed by atoms with Gasteiger partial charge in [-0.3, -0.25) is 0 Å². The van der Waals surface area contributed by atoms with Crippen LogP contribution in [0, 0.1) is 5.82 Å². The molecule has 0 aliphatic carbocycles. The number of alkyl halides is 1. The molecule has 3 rings (SSSR count). The van der Waals surface area contributed by atoms with E-state index in [1.807, 2.05) is 17.5 Å². The first kappa shape index (κ1) is 18.3. The Kier molecular flexibility index (Phi) is 5.43. The number of hydrogen-bond donors (Lipinski definition) is 2. The maximum Gasteiger partial charge on any atom is 0.243 e. The molecule has 0 radical (unpaired) electrons. The Morgan fingerprint density at radius 1 is 1.44 bits per heavy atom. The van der Waals surface area contributed by atoms with E-state index in [1.165, 1.54) is 6.92 Å². The van der Waals surface area contributed by atoms with Crippen molar-refractivity contribution in [1.82, 2.24) is 14.6 Å². The molecular formula is C15H15Cl2F2N5S. The lowest BCUT2D eigenvalue weighted by Gasteiger charge is -2.11. The summed E-state index contributed by atoms with van der Waals surface area (Å²) in [5.74, 6) is -0.424. The molecule has 0 saturated heterocycles. The third kappa shape index (κ3) is 3.72. The van der Waals surface area contributed by atoms with Gasteiger partial charge in [-0.2, -0.15) is 4.98 Å². The highest BCUT2D eigenvalue weighted by Crippen LogP contribution is 2.31. The number of fused-ring (bicyclic) bond motifs is 1. The van der Waals surface area contributed by atoms with Gasteiger partial charge in [-0.15, -0.1) is 16.4 Å². The molecule has 134 valence electrons. The molecule has 0 aromatic carbocycles. The number of hydrogen-bond acceptors (Lipinski definition) is 5. The molecule has 0 bridgehead atoms. The largest absolute Gasteiger partial charge is 0.363 e. The van der Waals surface area contributed by atoms with E-state index in [-0.39, 0.29) is 33.8 Å². The van der Waals surface area contributed by atoms with Crippen LogP contribution >= 0.6 is 34.5 Å². The van der Waals surface area contributed by atoms with Crippen molar-refractivity contribution in [2.45, 2.75) is 32.1 Å². The normalized spacial score (nSPS) is 14.0. The van der Waals surface area contributed by atoms with E-state index >= 15 is 0 Å². The summed E-state index contributed by atoms with van der Waals surface area (Å²) in [7, 11) is 0. The van der Waals surface area contributed by atoms with Gasteiger partial charge in [-0.25, -0.2) is 13.3 Å². The number of nitrogens with one attached hydrogen (secondary N) is 1. The molecule has 25 heavy (non-hydrogen) atoms. The lowest BCUT2D eigenvalue weighted by Crippen LogP contribution is -2.32. The Morgan fingerprint density at radius 2 is 2.20 bits per heavy atom. The second-order valence-electron chi connectivity index (χ2n) is 5.55. The van der Waals surface area contributed by atoms with Gasteiger partial charge in [0.1, 0.15) is 16.8 Å². The van der Waals surface area contributed by atoms with Crippen molar-refractivity contribution in [2.75, 3.05) is 5.32 Å². The number of halogens is 4. The van der Waals surface area contributed by atoms with Gasteiger partial charge in [-0.1, -0.05) is 17.7 Å². The zero-order valence-corrected chi connectivity index (χ0v) is 15.5. The molecule has 0 amide bonds. The van der Waals surface area contributed by atoms with E-state index < -0.39 is 18.0 Å². The summed E-state index contributed by atoms with van der Waals surface area (Å²) in [6.07, 6.45) is -1.36. The van der Waals surface area contributed by atoms with Crippen molar-refractivity contribution in [3.05, 3.63) is 44.2 Å². The SMILES string of the molecule is C[C@H](F)[C@H](N)Cc1c(F)c2c(NCc3cccs3)nc(Cl)nn2c1Cl. The number of nitrogens with two attached hydrogens (primary N) is 1. The molecule has 0 aliphatic heterocycles. The zero-order chi connectivity index (χ0) is 18.1. The van der Waals surface area contributed by atoms with Gasteiger partial charge in [0, 0.05) is 16.5 Å². The summed E-state index contributed by atoms with van der Waals surface area (Å²) in [5.41, 5.74) is 5.86. The fraction of sp³-hybridized carbons (Fsp3) is 0.333. The predicted octanol–water partition coefficient (Wildman–Crippen LogP) is 4.08. The molecule has 5 nitrogen and oxygen atoms in total. The van der Waals surface area contributed by atoms with Gasteiger partial charge >= 0.3 is 0 Å². The van der Waals surface area contributed by atoms with Crippen LogP contribution in [0.15, 0.2) is 17.5 Å². The van der Waals surface area contributed by atoms with E-state index in [0.29, 0.717) is 6.54 Å². The Morgan fingerprint density at radius 3 is 2.84 bits per heavy atom. The summed E-state index contributed by atoms with van der Waals surface area (Å²) < 4.78 is 29.5. The molecule has 0 fully saturated rings. The first-order valence-corrected chi connectivity index (χ1v) is 9.10. The smallest absolute Gasteiger partial charge is 0.243 e. The molecule has 3 aromatic heterocycles. The van der Waals surface area contributed by atoms with Crippen molar-refractivity contribution in [3.8, 4) is 0 Å². The van der Waals surface area contributed by atoms with Crippen LogP contribution in [-0.4, -0.2) is 26.8 Å². The molecular weight excluding hydrogens is 391 g/mol. The van der Waals surface area contributed by atoms with Gasteiger partial charge in [-0.05, 0) is 36.4 Å². The Hall–Kier alpha value is -1.48. The monoisotopic (exact) mass is 405 g/mol. The first-order valence-electron chi connectivity index (χ1n) is 7.46. The van der Waals surface area contributed by atoms with E-state index in [0.717, 1.165) is 9.39 Å². The number of thiophene rings is 1. The molecule has 0 unspecified atom stereocenters. The highest BCUT2D eigenvalue weighted by atomic mass is 35.5. The first-order chi connectivity index (χ1) is 11.9. The average molecular weight is 406 g/mol. The highest BCUT2D eigenvalue weighted by Gasteiger charge is 2.25. The molecule has 2 atom stereocenters. The highest BCUT2D eigenvalue weighted by molar-refractivity contribution is 7.09. The molecule has 3 N–H and O–H groups in total. The van der Waals surface area contributed by atoms with E-state index in [2.05, 4.69) is 15.4 Å². The molecule has 3 heterocycles. The Labute approximate surface area is 156 Å². The van der Waals surface area contributed by atoms with Crippen LogP contribution in [0.2, 0.25) is 10.4 Å². The lowest BCUT2D eigenvalue weighted by atomic mass is 10.1. The van der Waals surface area contributed by atoms with Crippen LogP contribution < -0.4 is 11.1 Å². The van der Waals surface area contributed by atoms with Crippen LogP contribution in [-0.2, 0) is 13.0 Å². The topological polar surface area (TPSA) is 68.2 Å². The molecule has 0 aliphatic rings. The third-order valence-corrected chi connectivity index (χ3v) is 5.20. The van der Waals surface area contributed by atoms with Gasteiger partial charge in [0.2, 0.25) is 5.28 Å². The van der Waals surface area contributed by atoms with Gasteiger partial charge in [0.25, 0.3) is 0 Å². The van der Waals surface area contributed by atoms with Crippen LogP contribution in [0.25, 0.3) is 5.52 Å².